The summed E-state index contributed by atoms with van der Waals surface area (Å²) in [5.74, 6) is 0.563. The maximum atomic E-state index is 11.2. The quantitative estimate of drug-likeness (QED) is 0.769. The van der Waals surface area contributed by atoms with Crippen molar-refractivity contribution in [3.05, 3.63) is 55.8 Å². The van der Waals surface area contributed by atoms with Gasteiger partial charge in [0.2, 0.25) is 0 Å². The summed E-state index contributed by atoms with van der Waals surface area (Å²) in [7, 11) is 1.58. The second-order valence-electron chi connectivity index (χ2n) is 2.41. The number of amides is 1. The van der Waals surface area contributed by atoms with Crippen LogP contribution in [-0.2, 0) is 0 Å². The molecule has 0 aliphatic heterocycles. The number of hydrogen-bond donors (Lipinski definition) is 1. The molecule has 0 aliphatic rings. The highest BCUT2D eigenvalue weighted by atomic mass is 16.5. The van der Waals surface area contributed by atoms with Crippen LogP contribution in [0.5, 0.6) is 5.75 Å². The van der Waals surface area contributed by atoms with Crippen LogP contribution in [0, 0.1) is 0 Å². The lowest BCUT2D eigenvalue weighted by Crippen LogP contribution is -2.16. The number of carbonyl (C=O) groups is 1. The summed E-state index contributed by atoms with van der Waals surface area (Å²) in [5, 5.41) is 2.48. The fourth-order valence-electron chi connectivity index (χ4n) is 0.918. The zero-order valence-corrected chi connectivity index (χ0v) is 8.82. The van der Waals surface area contributed by atoms with Crippen LogP contribution in [0.2, 0.25) is 0 Å². The number of carbonyl (C=O) groups excluding carboxylic acids is 1. The first-order valence-electron chi connectivity index (χ1n) is 4.33. The van der Waals surface area contributed by atoms with E-state index in [0.29, 0.717) is 5.56 Å². The zero-order chi connectivity index (χ0) is 11.7. The van der Waals surface area contributed by atoms with Gasteiger partial charge in [-0.15, -0.1) is 13.2 Å². The summed E-state index contributed by atoms with van der Waals surface area (Å²) in [6.45, 7) is 9.40. The summed E-state index contributed by atoms with van der Waals surface area (Å²) < 4.78 is 4.96. The first-order valence-corrected chi connectivity index (χ1v) is 4.33. The van der Waals surface area contributed by atoms with Crippen molar-refractivity contribution in [3.63, 3.8) is 0 Å². The number of rotatable bonds is 3. The first kappa shape index (κ1) is 13.0. The molecule has 0 spiro atoms. The van der Waals surface area contributed by atoms with Gasteiger partial charge in [0.15, 0.2) is 0 Å². The Kier molecular flexibility index (Phi) is 6.38. The predicted molar refractivity (Wildman–Crippen MR) is 61.9 cm³/mol. The van der Waals surface area contributed by atoms with E-state index in [1.807, 2.05) is 0 Å². The third-order valence-electron chi connectivity index (χ3n) is 1.59. The van der Waals surface area contributed by atoms with Crippen molar-refractivity contribution in [2.45, 2.75) is 0 Å². The van der Waals surface area contributed by atoms with Gasteiger partial charge in [0, 0.05) is 5.56 Å². The van der Waals surface area contributed by atoms with Crippen LogP contribution in [0.25, 0.3) is 0 Å². The van der Waals surface area contributed by atoms with E-state index in [2.05, 4.69) is 25.1 Å². The molecule has 0 saturated heterocycles. The van der Waals surface area contributed by atoms with Crippen LogP contribution < -0.4 is 10.1 Å². The Bertz CT molecular complexity index is 317. The number of nitrogens with one attached hydrogen (secondary N) is 1. The van der Waals surface area contributed by atoms with E-state index in [0.717, 1.165) is 5.75 Å². The Morgan fingerprint density at radius 1 is 1.33 bits per heavy atom. The molecular formula is C12H15NO2. The highest BCUT2D eigenvalue weighted by molar-refractivity contribution is 5.94. The normalized spacial score (nSPS) is 8.07. The van der Waals surface area contributed by atoms with Crippen molar-refractivity contribution in [1.29, 1.82) is 0 Å². The van der Waals surface area contributed by atoms with Crippen molar-refractivity contribution in [1.82, 2.24) is 5.32 Å². The summed E-state index contributed by atoms with van der Waals surface area (Å²) in [4.78, 5) is 11.2. The van der Waals surface area contributed by atoms with Crippen LogP contribution in [0.3, 0.4) is 0 Å². The van der Waals surface area contributed by atoms with Gasteiger partial charge in [-0.05, 0) is 30.5 Å². The van der Waals surface area contributed by atoms with Crippen molar-refractivity contribution in [2.24, 2.45) is 0 Å². The van der Waals surface area contributed by atoms with Gasteiger partial charge in [-0.2, -0.15) is 0 Å². The summed E-state index contributed by atoms with van der Waals surface area (Å²) in [5.41, 5.74) is 0.584. The molecule has 3 nitrogen and oxygen atoms in total. The van der Waals surface area contributed by atoms with Crippen LogP contribution >= 0.6 is 0 Å². The van der Waals surface area contributed by atoms with Crippen LogP contribution in [-0.4, -0.2) is 13.0 Å². The lowest BCUT2D eigenvalue weighted by Gasteiger charge is -2.01. The van der Waals surface area contributed by atoms with E-state index in [-0.39, 0.29) is 5.91 Å². The number of ether oxygens (including phenoxy) is 1. The second kappa shape index (κ2) is 7.38. The van der Waals surface area contributed by atoms with Crippen LogP contribution in [0.1, 0.15) is 10.4 Å². The Hall–Kier alpha value is -2.03. The van der Waals surface area contributed by atoms with Gasteiger partial charge in [-0.3, -0.25) is 4.79 Å². The van der Waals surface area contributed by atoms with Crippen LogP contribution in [0.4, 0.5) is 0 Å². The highest BCUT2D eigenvalue weighted by Crippen LogP contribution is 2.10. The molecule has 0 aliphatic carbocycles. The van der Waals surface area contributed by atoms with Crippen LogP contribution in [0.15, 0.2) is 50.2 Å². The molecule has 15 heavy (non-hydrogen) atoms. The van der Waals surface area contributed by atoms with Crippen molar-refractivity contribution in [2.75, 3.05) is 7.11 Å². The van der Waals surface area contributed by atoms with E-state index < -0.39 is 0 Å². The molecule has 0 unspecified atom stereocenters. The molecule has 0 atom stereocenters. The van der Waals surface area contributed by atoms with Crippen molar-refractivity contribution in [3.8, 4) is 5.75 Å². The first-order chi connectivity index (χ1) is 7.27. The average Bonchev–Trinajstić information content (AvgIpc) is 2.32. The molecule has 0 radical (unpaired) electrons. The number of methoxy groups -OCH3 is 1. The SMILES string of the molecule is C=C.C=CNC(=O)c1ccc(OC)cc1. The largest absolute Gasteiger partial charge is 0.497 e. The molecule has 3 heteroatoms. The molecular weight excluding hydrogens is 190 g/mol. The third-order valence-corrected chi connectivity index (χ3v) is 1.59. The second-order valence-corrected chi connectivity index (χ2v) is 2.41. The monoisotopic (exact) mass is 205 g/mol. The van der Waals surface area contributed by atoms with E-state index >= 15 is 0 Å². The minimum absolute atomic E-state index is 0.169. The average molecular weight is 205 g/mol. The summed E-state index contributed by atoms with van der Waals surface area (Å²) >= 11 is 0. The van der Waals surface area contributed by atoms with E-state index in [1.54, 1.807) is 31.4 Å². The Morgan fingerprint density at radius 2 is 1.87 bits per heavy atom. The molecule has 1 aromatic carbocycles. The minimum atomic E-state index is -0.169. The summed E-state index contributed by atoms with van der Waals surface area (Å²) in [6, 6.07) is 6.85. The van der Waals surface area contributed by atoms with Gasteiger partial charge in [0.1, 0.15) is 5.75 Å². The van der Waals surface area contributed by atoms with Gasteiger partial charge in [0.05, 0.1) is 7.11 Å². The minimum Gasteiger partial charge on any atom is -0.497 e. The maximum absolute atomic E-state index is 11.2. The third kappa shape index (κ3) is 4.13. The van der Waals surface area contributed by atoms with Gasteiger partial charge in [0.25, 0.3) is 5.91 Å². The molecule has 0 heterocycles. The Morgan fingerprint density at radius 3 is 2.27 bits per heavy atom. The van der Waals surface area contributed by atoms with E-state index in [9.17, 15) is 4.79 Å². The fraction of sp³-hybridized carbons (Fsp3) is 0.0833. The maximum Gasteiger partial charge on any atom is 0.255 e. The molecule has 0 fully saturated rings. The molecule has 0 bridgehead atoms. The van der Waals surface area contributed by atoms with E-state index in [1.165, 1.54) is 6.20 Å². The van der Waals surface area contributed by atoms with Crippen molar-refractivity contribution >= 4 is 5.91 Å². The highest BCUT2D eigenvalue weighted by Gasteiger charge is 2.01. The molecule has 0 aromatic heterocycles. The molecule has 1 rings (SSSR count). The molecule has 80 valence electrons. The van der Waals surface area contributed by atoms with Gasteiger partial charge in [-0.25, -0.2) is 0 Å². The Balaban J connectivity index is 0.000000921. The smallest absolute Gasteiger partial charge is 0.255 e. The standard InChI is InChI=1S/C10H11NO2.C2H4/c1-3-11-10(12)8-4-6-9(13-2)7-5-8;1-2/h3-7H,1H2,2H3,(H,11,12);1-2H2. The fourth-order valence-corrected chi connectivity index (χ4v) is 0.918. The van der Waals surface area contributed by atoms with Gasteiger partial charge in [-0.1, -0.05) is 6.58 Å². The number of hydrogen-bond acceptors (Lipinski definition) is 2. The molecule has 1 aromatic rings. The number of benzene rings is 1. The molecule has 1 amide bonds. The molecule has 1 N–H and O–H groups in total. The van der Waals surface area contributed by atoms with E-state index in [4.69, 9.17) is 4.74 Å². The molecule has 0 saturated carbocycles. The van der Waals surface area contributed by atoms with Gasteiger partial charge >= 0.3 is 0 Å². The van der Waals surface area contributed by atoms with Crippen molar-refractivity contribution < 1.29 is 9.53 Å². The lowest BCUT2D eigenvalue weighted by atomic mass is 10.2. The zero-order valence-electron chi connectivity index (χ0n) is 8.82. The predicted octanol–water partition coefficient (Wildman–Crippen LogP) is 2.37. The lowest BCUT2D eigenvalue weighted by molar-refractivity contribution is 0.0970. The topological polar surface area (TPSA) is 38.3 Å². The summed E-state index contributed by atoms with van der Waals surface area (Å²) in [6.07, 6.45) is 1.35. The van der Waals surface area contributed by atoms with Gasteiger partial charge < -0.3 is 10.1 Å². The Labute approximate surface area is 90.1 Å².